The molecule has 3 rings (SSSR count). The van der Waals surface area contributed by atoms with Gasteiger partial charge >= 0.3 is 0 Å². The maximum absolute atomic E-state index is 12.3. The van der Waals surface area contributed by atoms with E-state index in [1.165, 1.54) is 0 Å². The number of hydrogen-bond acceptors (Lipinski definition) is 3. The lowest BCUT2D eigenvalue weighted by Gasteiger charge is -2.08. The summed E-state index contributed by atoms with van der Waals surface area (Å²) in [5.74, 6) is 0.794. The van der Waals surface area contributed by atoms with Crippen LogP contribution >= 0.6 is 11.6 Å². The van der Waals surface area contributed by atoms with Crippen molar-refractivity contribution in [1.29, 1.82) is 0 Å². The van der Waals surface area contributed by atoms with Crippen LogP contribution in [0.25, 0.3) is 16.7 Å². The predicted octanol–water partition coefficient (Wildman–Crippen LogP) is 2.19. The van der Waals surface area contributed by atoms with Crippen LogP contribution in [0.4, 0.5) is 0 Å². The summed E-state index contributed by atoms with van der Waals surface area (Å²) in [6.45, 7) is 2.07. The summed E-state index contributed by atoms with van der Waals surface area (Å²) >= 11 is 6.07. The Hall–Kier alpha value is -1.88. The lowest BCUT2D eigenvalue weighted by Crippen LogP contribution is -2.20. The molecule has 0 unspecified atom stereocenters. The van der Waals surface area contributed by atoms with E-state index in [2.05, 4.69) is 17.1 Å². The van der Waals surface area contributed by atoms with Crippen molar-refractivity contribution < 1.29 is 0 Å². The van der Waals surface area contributed by atoms with Crippen molar-refractivity contribution in [3.63, 3.8) is 0 Å². The third-order valence-corrected chi connectivity index (χ3v) is 3.47. The van der Waals surface area contributed by atoms with E-state index in [-0.39, 0.29) is 5.56 Å². The van der Waals surface area contributed by atoms with Crippen molar-refractivity contribution in [2.45, 2.75) is 19.8 Å². The normalized spacial score (nSPS) is 11.5. The summed E-state index contributed by atoms with van der Waals surface area (Å²) in [5, 5.41) is 8.77. The molecular formula is C13H13ClN4O. The van der Waals surface area contributed by atoms with Gasteiger partial charge in [0.1, 0.15) is 5.82 Å². The maximum Gasteiger partial charge on any atom is 0.296 e. The number of fused-ring (bicyclic) bond motifs is 3. The molecule has 0 aliphatic carbocycles. The smallest absolute Gasteiger partial charge is 0.296 e. The zero-order chi connectivity index (χ0) is 13.6. The summed E-state index contributed by atoms with van der Waals surface area (Å²) in [5.41, 5.74) is 1.88. The fourth-order valence-electron chi connectivity index (χ4n) is 2.31. The second-order valence-electron chi connectivity index (χ2n) is 4.52. The second-order valence-corrected chi connectivity index (χ2v) is 4.96. The van der Waals surface area contributed by atoms with Crippen molar-refractivity contribution in [2.75, 3.05) is 0 Å². The first-order valence-electron chi connectivity index (χ1n) is 6.15. The highest BCUT2D eigenvalue weighted by molar-refractivity contribution is 6.31. The van der Waals surface area contributed by atoms with Gasteiger partial charge < -0.3 is 4.57 Å². The molecule has 0 bridgehead atoms. The monoisotopic (exact) mass is 276 g/mol. The molecule has 0 amide bonds. The van der Waals surface area contributed by atoms with Crippen molar-refractivity contribution in [3.8, 4) is 0 Å². The highest BCUT2D eigenvalue weighted by Gasteiger charge is 2.14. The van der Waals surface area contributed by atoms with Crippen LogP contribution < -0.4 is 5.56 Å². The summed E-state index contributed by atoms with van der Waals surface area (Å²) in [6, 6.07) is 5.46. The van der Waals surface area contributed by atoms with Gasteiger partial charge in [0.05, 0.1) is 11.0 Å². The quantitative estimate of drug-likeness (QED) is 0.721. The zero-order valence-electron chi connectivity index (χ0n) is 10.7. The zero-order valence-corrected chi connectivity index (χ0v) is 11.5. The van der Waals surface area contributed by atoms with Crippen LogP contribution in [-0.2, 0) is 13.5 Å². The Morgan fingerprint density at radius 2 is 2.05 bits per heavy atom. The third kappa shape index (κ3) is 1.73. The SMILES string of the molecule is CCCc1nnc2c(=O)n(C)c3ccc(Cl)cc3n12. The second kappa shape index (κ2) is 4.35. The largest absolute Gasteiger partial charge is 0.307 e. The molecule has 5 nitrogen and oxygen atoms in total. The van der Waals surface area contributed by atoms with Gasteiger partial charge in [-0.3, -0.25) is 9.20 Å². The summed E-state index contributed by atoms with van der Waals surface area (Å²) < 4.78 is 3.39. The van der Waals surface area contributed by atoms with Crippen LogP contribution in [0.5, 0.6) is 0 Å². The van der Waals surface area contributed by atoms with Gasteiger partial charge in [-0.2, -0.15) is 0 Å². The van der Waals surface area contributed by atoms with Gasteiger partial charge in [-0.05, 0) is 24.6 Å². The van der Waals surface area contributed by atoms with Crippen LogP contribution in [-0.4, -0.2) is 19.2 Å². The highest BCUT2D eigenvalue weighted by atomic mass is 35.5. The lowest BCUT2D eigenvalue weighted by molar-refractivity contribution is 0.821. The Bertz CT molecular complexity index is 834. The van der Waals surface area contributed by atoms with E-state index < -0.39 is 0 Å². The summed E-state index contributed by atoms with van der Waals surface area (Å²) in [6.07, 6.45) is 1.72. The van der Waals surface area contributed by atoms with Gasteiger partial charge in [0.15, 0.2) is 0 Å². The van der Waals surface area contributed by atoms with Crippen molar-refractivity contribution >= 4 is 28.3 Å². The maximum atomic E-state index is 12.3. The molecule has 98 valence electrons. The molecule has 0 radical (unpaired) electrons. The minimum Gasteiger partial charge on any atom is -0.307 e. The number of rotatable bonds is 2. The van der Waals surface area contributed by atoms with Gasteiger partial charge in [0.25, 0.3) is 5.56 Å². The van der Waals surface area contributed by atoms with Crippen molar-refractivity contribution in [1.82, 2.24) is 19.2 Å². The first kappa shape index (κ1) is 12.2. The minimum atomic E-state index is -0.148. The first-order chi connectivity index (χ1) is 9.13. The van der Waals surface area contributed by atoms with E-state index in [1.54, 1.807) is 17.7 Å². The number of nitrogens with zero attached hydrogens (tertiary/aromatic N) is 4. The van der Waals surface area contributed by atoms with Crippen LogP contribution in [0.15, 0.2) is 23.0 Å². The molecule has 0 atom stereocenters. The molecule has 6 heteroatoms. The number of aryl methyl sites for hydroxylation is 2. The minimum absolute atomic E-state index is 0.148. The molecule has 0 aliphatic heterocycles. The molecule has 1 aromatic carbocycles. The van der Waals surface area contributed by atoms with Crippen LogP contribution in [0.2, 0.25) is 5.02 Å². The van der Waals surface area contributed by atoms with Crippen LogP contribution in [0, 0.1) is 0 Å². The molecule has 2 heterocycles. The number of halogens is 1. The van der Waals surface area contributed by atoms with Gasteiger partial charge in [-0.15, -0.1) is 10.2 Å². The van der Waals surface area contributed by atoms with E-state index >= 15 is 0 Å². The highest BCUT2D eigenvalue weighted by Crippen LogP contribution is 2.20. The molecule has 0 saturated carbocycles. The van der Waals surface area contributed by atoms with E-state index in [4.69, 9.17) is 11.6 Å². The standard InChI is InChI=1S/C13H13ClN4O/c1-3-4-11-15-16-12-13(19)17(2)9-6-5-8(14)7-10(9)18(11)12/h5-7H,3-4H2,1-2H3. The Kier molecular flexibility index (Phi) is 2.78. The van der Waals surface area contributed by atoms with E-state index in [0.717, 1.165) is 29.7 Å². The van der Waals surface area contributed by atoms with E-state index in [1.807, 2.05) is 16.5 Å². The Morgan fingerprint density at radius 1 is 1.26 bits per heavy atom. The topological polar surface area (TPSA) is 52.2 Å². The fraction of sp³-hybridized carbons (Fsp3) is 0.308. The Balaban J connectivity index is 2.57. The average molecular weight is 277 g/mol. The van der Waals surface area contributed by atoms with Gasteiger partial charge in [0.2, 0.25) is 5.65 Å². The molecule has 2 aromatic heterocycles. The third-order valence-electron chi connectivity index (χ3n) is 3.24. The van der Waals surface area contributed by atoms with Gasteiger partial charge in [-0.25, -0.2) is 0 Å². The van der Waals surface area contributed by atoms with Crippen molar-refractivity contribution in [2.24, 2.45) is 7.05 Å². The molecular weight excluding hydrogens is 264 g/mol. The molecule has 19 heavy (non-hydrogen) atoms. The predicted molar refractivity (Wildman–Crippen MR) is 74.7 cm³/mol. The molecule has 0 fully saturated rings. The van der Waals surface area contributed by atoms with Crippen LogP contribution in [0.1, 0.15) is 19.2 Å². The van der Waals surface area contributed by atoms with Gasteiger partial charge in [0, 0.05) is 18.5 Å². The average Bonchev–Trinajstić information content (AvgIpc) is 2.80. The summed E-state index contributed by atoms with van der Waals surface area (Å²) in [7, 11) is 1.73. The van der Waals surface area contributed by atoms with E-state index in [9.17, 15) is 4.79 Å². The molecule has 0 N–H and O–H groups in total. The molecule has 0 saturated heterocycles. The first-order valence-corrected chi connectivity index (χ1v) is 6.53. The van der Waals surface area contributed by atoms with Crippen LogP contribution in [0.3, 0.4) is 0 Å². The Morgan fingerprint density at radius 3 is 2.79 bits per heavy atom. The fourth-order valence-corrected chi connectivity index (χ4v) is 2.48. The molecule has 0 aliphatic rings. The number of hydrogen-bond donors (Lipinski definition) is 0. The number of aromatic nitrogens is 4. The van der Waals surface area contributed by atoms with Crippen molar-refractivity contribution in [3.05, 3.63) is 39.4 Å². The Labute approximate surface area is 114 Å². The van der Waals surface area contributed by atoms with E-state index in [0.29, 0.717) is 10.7 Å². The lowest BCUT2D eigenvalue weighted by atomic mass is 10.2. The van der Waals surface area contributed by atoms with Gasteiger partial charge in [-0.1, -0.05) is 18.5 Å². The summed E-state index contributed by atoms with van der Waals surface area (Å²) in [4.78, 5) is 12.3. The number of benzene rings is 1. The molecule has 0 spiro atoms. The molecule has 3 aromatic rings.